The van der Waals surface area contributed by atoms with Crippen molar-refractivity contribution in [1.29, 1.82) is 0 Å². The Bertz CT molecular complexity index is 244. The van der Waals surface area contributed by atoms with Crippen LogP contribution in [-0.4, -0.2) is 12.6 Å². The molecule has 0 saturated heterocycles. The summed E-state index contributed by atoms with van der Waals surface area (Å²) in [5.41, 5.74) is 0. The van der Waals surface area contributed by atoms with Crippen molar-refractivity contribution in [3.8, 4) is 0 Å². The van der Waals surface area contributed by atoms with Crippen molar-refractivity contribution in [3.05, 3.63) is 0 Å². The van der Waals surface area contributed by atoms with Gasteiger partial charge in [0.15, 0.2) is 0 Å². The highest BCUT2D eigenvalue weighted by atomic mass is 14.9. The molecule has 98 valence electrons. The Hall–Kier alpha value is -0.0400. The fourth-order valence-electron chi connectivity index (χ4n) is 4.76. The maximum absolute atomic E-state index is 3.88. The van der Waals surface area contributed by atoms with Crippen molar-refractivity contribution in [2.45, 2.75) is 70.8 Å². The molecule has 3 saturated carbocycles. The van der Waals surface area contributed by atoms with Gasteiger partial charge in [-0.1, -0.05) is 25.7 Å². The molecule has 3 aliphatic carbocycles. The van der Waals surface area contributed by atoms with E-state index in [9.17, 15) is 0 Å². The predicted molar refractivity (Wildman–Crippen MR) is 73.0 cm³/mol. The van der Waals surface area contributed by atoms with Gasteiger partial charge in [-0.05, 0) is 69.2 Å². The first-order chi connectivity index (χ1) is 8.33. The minimum absolute atomic E-state index is 0.773. The van der Waals surface area contributed by atoms with Gasteiger partial charge in [0.1, 0.15) is 0 Å². The van der Waals surface area contributed by atoms with Crippen LogP contribution in [0, 0.1) is 23.7 Å². The van der Waals surface area contributed by atoms with Crippen LogP contribution >= 0.6 is 0 Å². The van der Waals surface area contributed by atoms with Gasteiger partial charge in [0.05, 0.1) is 0 Å². The van der Waals surface area contributed by atoms with Crippen molar-refractivity contribution in [3.63, 3.8) is 0 Å². The molecule has 0 spiro atoms. The Balaban J connectivity index is 1.41. The maximum atomic E-state index is 3.88. The van der Waals surface area contributed by atoms with Gasteiger partial charge in [0, 0.05) is 6.04 Å². The molecule has 3 aliphatic rings. The zero-order chi connectivity index (χ0) is 11.7. The fourth-order valence-corrected chi connectivity index (χ4v) is 4.76. The van der Waals surface area contributed by atoms with E-state index in [1.54, 1.807) is 12.8 Å². The highest BCUT2D eigenvalue weighted by molar-refractivity contribution is 4.91. The summed E-state index contributed by atoms with van der Waals surface area (Å²) in [6, 6.07) is 0.773. The van der Waals surface area contributed by atoms with Crippen molar-refractivity contribution in [2.75, 3.05) is 6.54 Å². The van der Waals surface area contributed by atoms with E-state index in [4.69, 9.17) is 0 Å². The van der Waals surface area contributed by atoms with Crippen molar-refractivity contribution in [2.24, 2.45) is 23.7 Å². The van der Waals surface area contributed by atoms with Crippen molar-refractivity contribution < 1.29 is 0 Å². The van der Waals surface area contributed by atoms with Gasteiger partial charge in [-0.25, -0.2) is 0 Å². The topological polar surface area (TPSA) is 12.0 Å². The number of rotatable bonds is 4. The lowest BCUT2D eigenvalue weighted by molar-refractivity contribution is 0.250. The molecule has 1 nitrogen and oxygen atoms in total. The molecule has 17 heavy (non-hydrogen) atoms. The highest BCUT2D eigenvalue weighted by Crippen LogP contribution is 2.48. The summed E-state index contributed by atoms with van der Waals surface area (Å²) >= 11 is 0. The number of nitrogens with one attached hydrogen (secondary N) is 1. The molecule has 0 aliphatic heterocycles. The monoisotopic (exact) mass is 235 g/mol. The lowest BCUT2D eigenvalue weighted by atomic mass is 9.83. The fraction of sp³-hybridized carbons (Fsp3) is 1.00. The third-order valence-corrected chi connectivity index (χ3v) is 5.94. The number of hydrogen-bond donors (Lipinski definition) is 1. The second-order valence-electron chi connectivity index (χ2n) is 7.03. The van der Waals surface area contributed by atoms with E-state index in [0.29, 0.717) is 0 Å². The van der Waals surface area contributed by atoms with Crippen LogP contribution in [0.2, 0.25) is 0 Å². The van der Waals surface area contributed by atoms with Crippen LogP contribution in [0.4, 0.5) is 0 Å². The van der Waals surface area contributed by atoms with Crippen LogP contribution in [0.1, 0.15) is 64.7 Å². The van der Waals surface area contributed by atoms with Crippen molar-refractivity contribution >= 4 is 0 Å². The van der Waals surface area contributed by atoms with Crippen LogP contribution in [0.3, 0.4) is 0 Å². The highest BCUT2D eigenvalue weighted by Gasteiger charge is 2.39. The van der Waals surface area contributed by atoms with E-state index < -0.39 is 0 Å². The smallest absolute Gasteiger partial charge is 0.00671 e. The van der Waals surface area contributed by atoms with Gasteiger partial charge in [-0.15, -0.1) is 0 Å². The van der Waals surface area contributed by atoms with Crippen LogP contribution in [0.25, 0.3) is 0 Å². The summed E-state index contributed by atoms with van der Waals surface area (Å²) in [5, 5.41) is 3.88. The van der Waals surface area contributed by atoms with Crippen LogP contribution in [0.15, 0.2) is 0 Å². The summed E-state index contributed by atoms with van der Waals surface area (Å²) in [6.07, 6.45) is 13.6. The molecule has 0 amide bonds. The first-order valence-electron chi connectivity index (χ1n) is 8.06. The molecular formula is C16H29N. The zero-order valence-corrected chi connectivity index (χ0v) is 11.5. The van der Waals surface area contributed by atoms with Crippen LogP contribution in [0.5, 0.6) is 0 Å². The van der Waals surface area contributed by atoms with E-state index in [2.05, 4.69) is 12.2 Å². The third-order valence-electron chi connectivity index (χ3n) is 5.94. The largest absolute Gasteiger partial charge is 0.314 e. The lowest BCUT2D eigenvalue weighted by Gasteiger charge is -2.31. The minimum atomic E-state index is 0.773. The van der Waals surface area contributed by atoms with Gasteiger partial charge in [-0.2, -0.15) is 0 Å². The average molecular weight is 235 g/mol. The molecule has 3 fully saturated rings. The van der Waals surface area contributed by atoms with Crippen molar-refractivity contribution in [1.82, 2.24) is 5.32 Å². The Kier molecular flexibility index (Phi) is 3.75. The Morgan fingerprint density at radius 1 is 1.00 bits per heavy atom. The van der Waals surface area contributed by atoms with Gasteiger partial charge in [-0.3, -0.25) is 0 Å². The molecule has 3 rings (SSSR count). The Labute approximate surface area is 107 Å². The molecule has 0 aromatic heterocycles. The molecule has 4 atom stereocenters. The van der Waals surface area contributed by atoms with E-state index in [0.717, 1.165) is 29.7 Å². The zero-order valence-electron chi connectivity index (χ0n) is 11.5. The molecule has 0 heterocycles. The lowest BCUT2D eigenvalue weighted by Crippen LogP contribution is -2.38. The second-order valence-corrected chi connectivity index (χ2v) is 7.03. The molecule has 1 heteroatoms. The van der Waals surface area contributed by atoms with Gasteiger partial charge < -0.3 is 5.32 Å². The summed E-state index contributed by atoms with van der Waals surface area (Å²) in [6.45, 7) is 3.75. The van der Waals surface area contributed by atoms with E-state index in [1.807, 2.05) is 0 Å². The second kappa shape index (κ2) is 5.30. The third kappa shape index (κ3) is 2.70. The average Bonchev–Trinajstić information content (AvgIpc) is 2.99. The molecular weight excluding hydrogens is 206 g/mol. The molecule has 0 aromatic carbocycles. The first-order valence-corrected chi connectivity index (χ1v) is 8.06. The van der Waals surface area contributed by atoms with Gasteiger partial charge >= 0.3 is 0 Å². The van der Waals surface area contributed by atoms with Gasteiger partial charge in [0.25, 0.3) is 0 Å². The number of hydrogen-bond acceptors (Lipinski definition) is 1. The molecule has 4 unspecified atom stereocenters. The summed E-state index contributed by atoms with van der Waals surface area (Å²) in [5.74, 6) is 4.20. The predicted octanol–water partition coefficient (Wildman–Crippen LogP) is 3.98. The van der Waals surface area contributed by atoms with E-state index in [-0.39, 0.29) is 0 Å². The molecule has 0 aromatic rings. The minimum Gasteiger partial charge on any atom is -0.314 e. The normalized spacial score (nSPS) is 39.7. The van der Waals surface area contributed by atoms with Gasteiger partial charge in [0.2, 0.25) is 0 Å². The molecule has 2 bridgehead atoms. The summed E-state index contributed by atoms with van der Waals surface area (Å²) < 4.78 is 0. The van der Waals surface area contributed by atoms with Crippen LogP contribution in [-0.2, 0) is 0 Å². The summed E-state index contributed by atoms with van der Waals surface area (Å²) in [4.78, 5) is 0. The standard InChI is InChI=1S/C16H29N/c1-12(14-5-3-2-4-6-14)17-11-16-10-13-7-8-15(16)9-13/h12-17H,2-11H2,1H3. The Morgan fingerprint density at radius 2 is 1.82 bits per heavy atom. The summed E-state index contributed by atoms with van der Waals surface area (Å²) in [7, 11) is 0. The quantitative estimate of drug-likeness (QED) is 0.777. The van der Waals surface area contributed by atoms with Crippen LogP contribution < -0.4 is 5.32 Å². The Morgan fingerprint density at radius 3 is 2.47 bits per heavy atom. The number of fused-ring (bicyclic) bond motifs is 2. The maximum Gasteiger partial charge on any atom is 0.00671 e. The van der Waals surface area contributed by atoms with E-state index in [1.165, 1.54) is 51.5 Å². The molecule has 1 N–H and O–H groups in total. The first kappa shape index (κ1) is 12.0. The van der Waals surface area contributed by atoms with E-state index >= 15 is 0 Å². The SMILES string of the molecule is CC(NCC1CC2CCC1C2)C1CCCCC1. The molecule has 0 radical (unpaired) electrons.